The van der Waals surface area contributed by atoms with Gasteiger partial charge in [0.05, 0.1) is 24.5 Å². The number of nitrogens with two attached hydrogens (primary N) is 1. The van der Waals surface area contributed by atoms with Crippen molar-refractivity contribution in [1.82, 2.24) is 5.16 Å². The minimum Gasteiger partial charge on any atom is -0.397 e. The molecule has 114 valence electrons. The average Bonchev–Trinajstić information content (AvgIpc) is 2.77. The molecule has 21 heavy (non-hydrogen) atoms. The second-order valence-corrected chi connectivity index (χ2v) is 6.31. The largest absolute Gasteiger partial charge is 0.397 e. The van der Waals surface area contributed by atoms with Gasteiger partial charge in [0.25, 0.3) is 10.0 Å². The quantitative estimate of drug-likeness (QED) is 0.799. The maximum Gasteiger partial charge on any atom is 0.269 e. The highest BCUT2D eigenvalue weighted by molar-refractivity contribution is 7.93. The summed E-state index contributed by atoms with van der Waals surface area (Å²) in [5.41, 5.74) is 6.74. The number of hydrogen-bond acceptors (Lipinski definition) is 6. The molecule has 0 amide bonds. The second-order valence-electron chi connectivity index (χ2n) is 4.51. The zero-order chi connectivity index (χ0) is 15.6. The average molecular weight is 311 g/mol. The Morgan fingerprint density at radius 1 is 1.33 bits per heavy atom. The van der Waals surface area contributed by atoms with Crippen LogP contribution in [-0.4, -0.2) is 31.8 Å². The standard InChI is InChI=1S/C13H17N3O4S/c1-9-13(10(2)20-15-9)21(18,19)16(7-8-17)12-6-4-3-5-11(12)14/h3-6,17H,7-8,14H2,1-2H3. The summed E-state index contributed by atoms with van der Waals surface area (Å²) in [6.07, 6.45) is 0. The number of para-hydroxylation sites is 2. The fourth-order valence-electron chi connectivity index (χ4n) is 2.13. The van der Waals surface area contributed by atoms with Gasteiger partial charge >= 0.3 is 0 Å². The number of aliphatic hydroxyl groups excluding tert-OH is 1. The van der Waals surface area contributed by atoms with Crippen LogP contribution >= 0.6 is 0 Å². The lowest BCUT2D eigenvalue weighted by Crippen LogP contribution is -2.34. The van der Waals surface area contributed by atoms with Crippen molar-refractivity contribution in [1.29, 1.82) is 0 Å². The zero-order valence-electron chi connectivity index (χ0n) is 11.8. The molecule has 0 atom stereocenters. The first-order valence-electron chi connectivity index (χ1n) is 6.30. The van der Waals surface area contributed by atoms with E-state index in [9.17, 15) is 13.5 Å². The third-order valence-corrected chi connectivity index (χ3v) is 5.08. The molecule has 0 unspecified atom stereocenters. The molecule has 1 heterocycles. The first-order valence-corrected chi connectivity index (χ1v) is 7.74. The van der Waals surface area contributed by atoms with Crippen molar-refractivity contribution in [3.05, 3.63) is 35.7 Å². The lowest BCUT2D eigenvalue weighted by Gasteiger charge is -2.24. The van der Waals surface area contributed by atoms with E-state index in [1.165, 1.54) is 6.92 Å². The molecular weight excluding hydrogens is 294 g/mol. The van der Waals surface area contributed by atoms with Crippen LogP contribution < -0.4 is 10.0 Å². The second kappa shape index (κ2) is 5.74. The lowest BCUT2D eigenvalue weighted by atomic mass is 10.3. The number of sulfonamides is 1. The molecule has 0 fully saturated rings. The van der Waals surface area contributed by atoms with Crippen molar-refractivity contribution in [2.45, 2.75) is 18.7 Å². The smallest absolute Gasteiger partial charge is 0.269 e. The van der Waals surface area contributed by atoms with Crippen LogP contribution in [0, 0.1) is 13.8 Å². The highest BCUT2D eigenvalue weighted by Crippen LogP contribution is 2.30. The van der Waals surface area contributed by atoms with Gasteiger partial charge in [0.1, 0.15) is 5.69 Å². The normalized spacial score (nSPS) is 11.6. The number of nitrogens with zero attached hydrogens (tertiary/aromatic N) is 2. The van der Waals surface area contributed by atoms with Gasteiger partial charge in [-0.2, -0.15) is 0 Å². The van der Waals surface area contributed by atoms with E-state index in [-0.39, 0.29) is 29.5 Å². The monoisotopic (exact) mass is 311 g/mol. The van der Waals surface area contributed by atoms with E-state index < -0.39 is 10.0 Å². The zero-order valence-corrected chi connectivity index (χ0v) is 12.6. The van der Waals surface area contributed by atoms with Crippen LogP contribution in [0.15, 0.2) is 33.7 Å². The molecule has 0 saturated heterocycles. The molecule has 2 aromatic rings. The molecule has 8 heteroatoms. The highest BCUT2D eigenvalue weighted by atomic mass is 32.2. The third kappa shape index (κ3) is 2.72. The maximum absolute atomic E-state index is 12.8. The minimum atomic E-state index is -3.92. The maximum atomic E-state index is 12.8. The molecule has 0 bridgehead atoms. The number of benzene rings is 1. The van der Waals surface area contributed by atoms with E-state index in [0.29, 0.717) is 11.4 Å². The van der Waals surface area contributed by atoms with Crippen LogP contribution in [-0.2, 0) is 10.0 Å². The van der Waals surface area contributed by atoms with E-state index in [1.54, 1.807) is 31.2 Å². The fourth-order valence-corrected chi connectivity index (χ4v) is 3.91. The van der Waals surface area contributed by atoms with E-state index in [0.717, 1.165) is 4.31 Å². The van der Waals surface area contributed by atoms with Crippen molar-refractivity contribution >= 4 is 21.4 Å². The van der Waals surface area contributed by atoms with Gasteiger partial charge in [-0.15, -0.1) is 0 Å². The number of rotatable bonds is 5. The third-order valence-electron chi connectivity index (χ3n) is 3.02. The molecule has 0 aliphatic rings. The predicted molar refractivity (Wildman–Crippen MR) is 78.4 cm³/mol. The summed E-state index contributed by atoms with van der Waals surface area (Å²) in [6, 6.07) is 6.57. The predicted octanol–water partition coefficient (Wildman–Crippen LogP) is 1.06. The molecular formula is C13H17N3O4S. The summed E-state index contributed by atoms with van der Waals surface area (Å²) in [7, 11) is -3.92. The SMILES string of the molecule is Cc1noc(C)c1S(=O)(=O)N(CCO)c1ccccc1N. The van der Waals surface area contributed by atoms with E-state index in [1.807, 2.05) is 0 Å². The summed E-state index contributed by atoms with van der Waals surface area (Å²) >= 11 is 0. The Morgan fingerprint density at radius 2 is 2.00 bits per heavy atom. The molecule has 2 rings (SSSR count). The summed E-state index contributed by atoms with van der Waals surface area (Å²) in [6.45, 7) is 2.63. The Labute approximate surface area is 123 Å². The minimum absolute atomic E-state index is 0.000738. The van der Waals surface area contributed by atoms with Gasteiger partial charge in [-0.1, -0.05) is 17.3 Å². The number of nitrogen functional groups attached to an aromatic ring is 1. The summed E-state index contributed by atoms with van der Waals surface area (Å²) in [5.74, 6) is 0.199. The van der Waals surface area contributed by atoms with Crippen molar-refractivity contribution in [3.8, 4) is 0 Å². The first-order chi connectivity index (χ1) is 9.89. The van der Waals surface area contributed by atoms with E-state index >= 15 is 0 Å². The number of aryl methyl sites for hydroxylation is 2. The van der Waals surface area contributed by atoms with Gasteiger partial charge in [-0.25, -0.2) is 8.42 Å². The molecule has 0 saturated carbocycles. The number of aliphatic hydroxyl groups is 1. The summed E-state index contributed by atoms with van der Waals surface area (Å²) in [4.78, 5) is -0.000738. The van der Waals surface area contributed by atoms with Gasteiger partial charge in [0, 0.05) is 0 Å². The molecule has 0 radical (unpaired) electrons. The molecule has 1 aromatic heterocycles. The Bertz CT molecular complexity index is 720. The topological polar surface area (TPSA) is 110 Å². The van der Waals surface area contributed by atoms with Crippen LogP contribution in [0.2, 0.25) is 0 Å². The molecule has 7 nitrogen and oxygen atoms in total. The van der Waals surface area contributed by atoms with Gasteiger partial charge in [-0.3, -0.25) is 4.31 Å². The van der Waals surface area contributed by atoms with Crippen LogP contribution in [0.1, 0.15) is 11.5 Å². The van der Waals surface area contributed by atoms with Crippen molar-refractivity contribution in [2.75, 3.05) is 23.2 Å². The van der Waals surface area contributed by atoms with Gasteiger partial charge < -0.3 is 15.4 Å². The van der Waals surface area contributed by atoms with Crippen LogP contribution in [0.5, 0.6) is 0 Å². The summed E-state index contributed by atoms with van der Waals surface area (Å²) < 4.78 is 31.7. The Kier molecular flexibility index (Phi) is 4.19. The Morgan fingerprint density at radius 3 is 2.52 bits per heavy atom. The molecule has 0 aliphatic carbocycles. The highest BCUT2D eigenvalue weighted by Gasteiger charge is 2.31. The van der Waals surface area contributed by atoms with Crippen molar-refractivity contribution in [2.24, 2.45) is 0 Å². The molecule has 3 N–H and O–H groups in total. The molecule has 0 spiro atoms. The van der Waals surface area contributed by atoms with Crippen LogP contribution in [0.4, 0.5) is 11.4 Å². The van der Waals surface area contributed by atoms with Gasteiger partial charge in [0.2, 0.25) is 0 Å². The van der Waals surface area contributed by atoms with Gasteiger partial charge in [0.15, 0.2) is 10.7 Å². The van der Waals surface area contributed by atoms with Crippen LogP contribution in [0.25, 0.3) is 0 Å². The molecule has 0 aliphatic heterocycles. The number of anilines is 2. The fraction of sp³-hybridized carbons (Fsp3) is 0.308. The lowest BCUT2D eigenvalue weighted by molar-refractivity contribution is 0.306. The Hall–Kier alpha value is -2.06. The first kappa shape index (κ1) is 15.3. The molecule has 1 aromatic carbocycles. The van der Waals surface area contributed by atoms with Crippen LogP contribution in [0.3, 0.4) is 0 Å². The van der Waals surface area contributed by atoms with E-state index in [4.69, 9.17) is 10.3 Å². The number of hydrogen-bond donors (Lipinski definition) is 2. The number of aromatic nitrogens is 1. The summed E-state index contributed by atoms with van der Waals surface area (Å²) in [5, 5.41) is 12.9. The van der Waals surface area contributed by atoms with Crippen molar-refractivity contribution in [3.63, 3.8) is 0 Å². The Balaban J connectivity index is 2.60. The van der Waals surface area contributed by atoms with Crippen molar-refractivity contribution < 1.29 is 18.0 Å². The van der Waals surface area contributed by atoms with Gasteiger partial charge in [-0.05, 0) is 26.0 Å². The van der Waals surface area contributed by atoms with E-state index in [2.05, 4.69) is 5.16 Å².